The summed E-state index contributed by atoms with van der Waals surface area (Å²) in [6.45, 7) is 1.76. The highest BCUT2D eigenvalue weighted by atomic mass is 19.2. The Morgan fingerprint density at radius 3 is 2.74 bits per heavy atom. The molecule has 100 valence electrons. The topological polar surface area (TPSA) is 55.1 Å². The number of hydrogen-bond acceptors (Lipinski definition) is 2. The number of aliphatic carboxylic acids is 1. The zero-order valence-corrected chi connectivity index (χ0v) is 10.2. The van der Waals surface area contributed by atoms with E-state index in [1.165, 1.54) is 10.7 Å². The molecule has 6 heteroatoms. The Labute approximate surface area is 108 Å². The van der Waals surface area contributed by atoms with Gasteiger partial charge in [0.15, 0.2) is 11.6 Å². The maximum Gasteiger partial charge on any atom is 0.303 e. The van der Waals surface area contributed by atoms with Crippen molar-refractivity contribution in [2.24, 2.45) is 0 Å². The highest BCUT2D eigenvalue weighted by Gasteiger charge is 2.11. The van der Waals surface area contributed by atoms with E-state index in [0.29, 0.717) is 17.8 Å². The van der Waals surface area contributed by atoms with Crippen molar-refractivity contribution in [2.75, 3.05) is 0 Å². The normalized spacial score (nSPS) is 10.7. The van der Waals surface area contributed by atoms with Crippen LogP contribution in [0.2, 0.25) is 0 Å². The van der Waals surface area contributed by atoms with Gasteiger partial charge in [0.25, 0.3) is 0 Å². The molecule has 0 amide bonds. The van der Waals surface area contributed by atoms with E-state index in [1.54, 1.807) is 13.1 Å². The first-order valence-electron chi connectivity index (χ1n) is 5.69. The van der Waals surface area contributed by atoms with E-state index in [2.05, 4.69) is 5.10 Å². The maximum atomic E-state index is 13.2. The predicted octanol–water partition coefficient (Wildman–Crippen LogP) is 2.48. The second-order valence-corrected chi connectivity index (χ2v) is 4.16. The molecule has 1 heterocycles. The Balaban J connectivity index is 2.30. The fourth-order valence-electron chi connectivity index (χ4n) is 1.81. The summed E-state index contributed by atoms with van der Waals surface area (Å²) in [7, 11) is 0. The third-order valence-electron chi connectivity index (χ3n) is 2.87. The summed E-state index contributed by atoms with van der Waals surface area (Å²) < 4.78 is 27.5. The van der Waals surface area contributed by atoms with Crippen LogP contribution in [-0.4, -0.2) is 20.9 Å². The second-order valence-electron chi connectivity index (χ2n) is 4.16. The molecule has 1 aromatic heterocycles. The van der Waals surface area contributed by atoms with Crippen molar-refractivity contribution in [2.45, 2.75) is 19.8 Å². The lowest BCUT2D eigenvalue weighted by Gasteiger charge is -2.05. The molecule has 0 fully saturated rings. The van der Waals surface area contributed by atoms with Crippen LogP contribution in [0, 0.1) is 18.6 Å². The van der Waals surface area contributed by atoms with Crippen LogP contribution >= 0.6 is 0 Å². The number of benzene rings is 1. The summed E-state index contributed by atoms with van der Waals surface area (Å²) in [5.74, 6) is -2.75. The average molecular weight is 266 g/mol. The fourth-order valence-corrected chi connectivity index (χ4v) is 1.81. The van der Waals surface area contributed by atoms with Crippen molar-refractivity contribution in [1.82, 2.24) is 9.78 Å². The van der Waals surface area contributed by atoms with Gasteiger partial charge in [0, 0.05) is 18.2 Å². The molecular formula is C13H12F2N2O2. The van der Waals surface area contributed by atoms with Gasteiger partial charge in [-0.1, -0.05) is 0 Å². The van der Waals surface area contributed by atoms with Crippen LogP contribution in [0.4, 0.5) is 8.78 Å². The minimum Gasteiger partial charge on any atom is -0.481 e. The van der Waals surface area contributed by atoms with Crippen LogP contribution in [0.25, 0.3) is 5.69 Å². The molecular weight excluding hydrogens is 254 g/mol. The summed E-state index contributed by atoms with van der Waals surface area (Å²) in [5, 5.41) is 12.7. The molecule has 0 unspecified atom stereocenters. The summed E-state index contributed by atoms with van der Waals surface area (Å²) in [4.78, 5) is 10.5. The van der Waals surface area contributed by atoms with Crippen molar-refractivity contribution < 1.29 is 18.7 Å². The number of halogens is 2. The summed E-state index contributed by atoms with van der Waals surface area (Å²) in [6, 6.07) is 3.50. The standard InChI is InChI=1S/C13H12F2N2O2/c1-8-9(2-5-13(18)19)7-16-17(8)10-3-4-11(14)12(15)6-10/h3-4,6-7H,2,5H2,1H3,(H,18,19). The largest absolute Gasteiger partial charge is 0.481 e. The molecule has 2 rings (SSSR count). The first kappa shape index (κ1) is 13.2. The van der Waals surface area contributed by atoms with Crippen LogP contribution in [0.5, 0.6) is 0 Å². The van der Waals surface area contributed by atoms with Gasteiger partial charge >= 0.3 is 5.97 Å². The molecule has 19 heavy (non-hydrogen) atoms. The van der Waals surface area contributed by atoms with Gasteiger partial charge in [-0.2, -0.15) is 5.10 Å². The first-order chi connectivity index (χ1) is 8.99. The van der Waals surface area contributed by atoms with E-state index in [4.69, 9.17) is 5.11 Å². The Bertz CT molecular complexity index is 623. The Morgan fingerprint density at radius 1 is 1.37 bits per heavy atom. The minimum absolute atomic E-state index is 0.00428. The van der Waals surface area contributed by atoms with Crippen molar-refractivity contribution in [3.63, 3.8) is 0 Å². The van der Waals surface area contributed by atoms with Crippen LogP contribution < -0.4 is 0 Å². The Morgan fingerprint density at radius 2 is 2.11 bits per heavy atom. The van der Waals surface area contributed by atoms with Gasteiger partial charge in [-0.25, -0.2) is 13.5 Å². The van der Waals surface area contributed by atoms with E-state index >= 15 is 0 Å². The first-order valence-corrected chi connectivity index (χ1v) is 5.69. The van der Waals surface area contributed by atoms with Gasteiger partial charge < -0.3 is 5.11 Å². The zero-order chi connectivity index (χ0) is 14.0. The van der Waals surface area contributed by atoms with Gasteiger partial charge in [-0.3, -0.25) is 4.79 Å². The Hall–Kier alpha value is -2.24. The van der Waals surface area contributed by atoms with E-state index in [1.807, 2.05) is 0 Å². The monoisotopic (exact) mass is 266 g/mol. The molecule has 0 aliphatic rings. The molecule has 0 saturated carbocycles. The van der Waals surface area contributed by atoms with Crippen LogP contribution in [0.3, 0.4) is 0 Å². The van der Waals surface area contributed by atoms with Gasteiger partial charge in [0.2, 0.25) is 0 Å². The van der Waals surface area contributed by atoms with Crippen LogP contribution in [0.15, 0.2) is 24.4 Å². The van der Waals surface area contributed by atoms with E-state index in [0.717, 1.165) is 17.7 Å². The van der Waals surface area contributed by atoms with Crippen molar-refractivity contribution in [3.8, 4) is 5.69 Å². The molecule has 1 aromatic carbocycles. The molecule has 0 spiro atoms. The van der Waals surface area contributed by atoms with Crippen molar-refractivity contribution >= 4 is 5.97 Å². The number of aryl methyl sites for hydroxylation is 1. The minimum atomic E-state index is -0.945. The van der Waals surface area contributed by atoms with Gasteiger partial charge in [-0.15, -0.1) is 0 Å². The number of aromatic nitrogens is 2. The van der Waals surface area contributed by atoms with E-state index in [9.17, 15) is 13.6 Å². The molecule has 1 N–H and O–H groups in total. The predicted molar refractivity (Wildman–Crippen MR) is 64.2 cm³/mol. The van der Waals surface area contributed by atoms with Gasteiger partial charge in [0.1, 0.15) is 0 Å². The van der Waals surface area contributed by atoms with E-state index < -0.39 is 17.6 Å². The zero-order valence-electron chi connectivity index (χ0n) is 10.2. The quantitative estimate of drug-likeness (QED) is 0.924. The molecule has 0 aliphatic heterocycles. The lowest BCUT2D eigenvalue weighted by atomic mass is 10.1. The smallest absolute Gasteiger partial charge is 0.303 e. The molecule has 0 atom stereocenters. The number of hydrogen-bond donors (Lipinski definition) is 1. The van der Waals surface area contributed by atoms with Crippen LogP contribution in [0.1, 0.15) is 17.7 Å². The molecule has 2 aromatic rings. The third-order valence-corrected chi connectivity index (χ3v) is 2.87. The van der Waals surface area contributed by atoms with Gasteiger partial charge in [0.05, 0.1) is 11.9 Å². The summed E-state index contributed by atoms with van der Waals surface area (Å²) in [5.41, 5.74) is 1.89. The summed E-state index contributed by atoms with van der Waals surface area (Å²) >= 11 is 0. The number of carboxylic acids is 1. The molecule has 0 bridgehead atoms. The molecule has 4 nitrogen and oxygen atoms in total. The van der Waals surface area contributed by atoms with Crippen molar-refractivity contribution in [3.05, 3.63) is 47.3 Å². The number of nitrogens with zero attached hydrogens (tertiary/aromatic N) is 2. The SMILES string of the molecule is Cc1c(CCC(=O)O)cnn1-c1ccc(F)c(F)c1. The van der Waals surface area contributed by atoms with Crippen LogP contribution in [-0.2, 0) is 11.2 Å². The average Bonchev–Trinajstić information content (AvgIpc) is 2.72. The maximum absolute atomic E-state index is 13.2. The lowest BCUT2D eigenvalue weighted by Crippen LogP contribution is -2.02. The lowest BCUT2D eigenvalue weighted by molar-refractivity contribution is -0.136. The number of rotatable bonds is 4. The molecule has 0 radical (unpaired) electrons. The highest BCUT2D eigenvalue weighted by Crippen LogP contribution is 2.17. The molecule has 0 saturated heterocycles. The van der Waals surface area contributed by atoms with E-state index in [-0.39, 0.29) is 6.42 Å². The van der Waals surface area contributed by atoms with Gasteiger partial charge in [-0.05, 0) is 31.0 Å². The third kappa shape index (κ3) is 2.78. The molecule has 0 aliphatic carbocycles. The number of carbonyl (C=O) groups is 1. The summed E-state index contributed by atoms with van der Waals surface area (Å²) in [6.07, 6.45) is 1.90. The Kier molecular flexibility index (Phi) is 3.59. The number of carboxylic acid groups (broad SMARTS) is 1. The fraction of sp³-hybridized carbons (Fsp3) is 0.231. The highest BCUT2D eigenvalue weighted by molar-refractivity contribution is 5.67. The second kappa shape index (κ2) is 5.17. The van der Waals surface area contributed by atoms with Crippen molar-refractivity contribution in [1.29, 1.82) is 0 Å².